The van der Waals surface area contributed by atoms with Crippen LogP contribution in [0.4, 0.5) is 10.1 Å². The van der Waals surface area contributed by atoms with Crippen molar-refractivity contribution in [2.24, 2.45) is 0 Å². The van der Waals surface area contributed by atoms with Gasteiger partial charge in [0.25, 0.3) is 0 Å². The Morgan fingerprint density at radius 3 is 2.83 bits per heavy atom. The first-order valence-electron chi connectivity index (χ1n) is 5.46. The van der Waals surface area contributed by atoms with Gasteiger partial charge in [-0.2, -0.15) is 0 Å². The molecule has 0 aliphatic carbocycles. The summed E-state index contributed by atoms with van der Waals surface area (Å²) < 4.78 is 13.8. The van der Waals surface area contributed by atoms with Gasteiger partial charge in [-0.3, -0.25) is 4.79 Å². The summed E-state index contributed by atoms with van der Waals surface area (Å²) in [7, 11) is 1.82. The zero-order valence-corrected chi connectivity index (χ0v) is 11.0. The van der Waals surface area contributed by atoms with Crippen molar-refractivity contribution >= 4 is 23.3 Å². The minimum Gasteiger partial charge on any atom is -0.367 e. The van der Waals surface area contributed by atoms with Gasteiger partial charge in [-0.05, 0) is 25.1 Å². The number of carbonyl (C=O) groups is 1. The number of hydrogen-bond acceptors (Lipinski definition) is 4. The number of aryl methyl sites for hydroxylation is 1. The summed E-state index contributed by atoms with van der Waals surface area (Å²) in [6.45, 7) is 2.54. The molecule has 94 valence electrons. The number of aldehydes is 1. The monoisotopic (exact) mass is 264 g/mol. The van der Waals surface area contributed by atoms with Gasteiger partial charge in [-0.1, -0.05) is 0 Å². The first-order chi connectivity index (χ1) is 8.61. The normalized spacial score (nSPS) is 10.4. The average molecular weight is 264 g/mol. The molecule has 1 aromatic heterocycles. The third-order valence-electron chi connectivity index (χ3n) is 2.74. The lowest BCUT2D eigenvalue weighted by atomic mass is 10.2. The molecule has 0 amide bonds. The molecule has 0 aliphatic heterocycles. The molecular formula is C13H13FN2OS. The van der Waals surface area contributed by atoms with Crippen LogP contribution < -0.4 is 4.90 Å². The minimum absolute atomic E-state index is 0.346. The molecule has 0 radical (unpaired) electrons. The number of hydrogen-bond donors (Lipinski definition) is 0. The van der Waals surface area contributed by atoms with Crippen LogP contribution in [-0.4, -0.2) is 18.3 Å². The van der Waals surface area contributed by atoms with Crippen molar-refractivity contribution in [1.82, 2.24) is 4.98 Å². The summed E-state index contributed by atoms with van der Waals surface area (Å²) >= 11 is 1.55. The predicted molar refractivity (Wildman–Crippen MR) is 70.7 cm³/mol. The summed E-state index contributed by atoms with van der Waals surface area (Å²) in [4.78, 5) is 17.6. The van der Waals surface area contributed by atoms with E-state index in [2.05, 4.69) is 4.98 Å². The first-order valence-corrected chi connectivity index (χ1v) is 6.34. The summed E-state index contributed by atoms with van der Waals surface area (Å²) in [6.07, 6.45) is 0.639. The maximum atomic E-state index is 13.8. The topological polar surface area (TPSA) is 33.2 Å². The molecule has 5 heteroatoms. The molecule has 1 aromatic carbocycles. The Kier molecular flexibility index (Phi) is 3.72. The third-order valence-corrected chi connectivity index (χ3v) is 3.66. The van der Waals surface area contributed by atoms with Crippen molar-refractivity contribution in [3.63, 3.8) is 0 Å². The standard InChI is InChI=1S/C13H13FN2OS/c1-9-13(18-8-15-9)6-16(2)12-4-3-10(7-17)5-11(12)14/h3-5,7-8H,6H2,1-2H3. The molecule has 0 N–H and O–H groups in total. The van der Waals surface area contributed by atoms with Crippen molar-refractivity contribution < 1.29 is 9.18 Å². The second-order valence-corrected chi connectivity index (χ2v) is 4.99. The molecular weight excluding hydrogens is 251 g/mol. The number of aromatic nitrogens is 1. The smallest absolute Gasteiger partial charge is 0.150 e. The minimum atomic E-state index is -0.385. The van der Waals surface area contributed by atoms with Gasteiger partial charge in [0.15, 0.2) is 0 Å². The van der Waals surface area contributed by atoms with Gasteiger partial charge in [0.1, 0.15) is 12.1 Å². The highest BCUT2D eigenvalue weighted by Crippen LogP contribution is 2.23. The fourth-order valence-corrected chi connectivity index (χ4v) is 2.51. The summed E-state index contributed by atoms with van der Waals surface area (Å²) in [6, 6.07) is 4.48. The van der Waals surface area contributed by atoms with Crippen molar-refractivity contribution in [2.45, 2.75) is 13.5 Å². The molecule has 0 fully saturated rings. The number of rotatable bonds is 4. The van der Waals surface area contributed by atoms with E-state index in [-0.39, 0.29) is 5.82 Å². The lowest BCUT2D eigenvalue weighted by Gasteiger charge is -2.19. The lowest BCUT2D eigenvalue weighted by Crippen LogP contribution is -2.17. The number of thiazole rings is 1. The molecule has 0 aliphatic rings. The Morgan fingerprint density at radius 2 is 2.28 bits per heavy atom. The maximum absolute atomic E-state index is 13.8. The van der Waals surface area contributed by atoms with E-state index in [1.165, 1.54) is 6.07 Å². The second kappa shape index (κ2) is 5.27. The van der Waals surface area contributed by atoms with Crippen LogP contribution in [0.1, 0.15) is 20.9 Å². The lowest BCUT2D eigenvalue weighted by molar-refractivity contribution is 0.112. The third kappa shape index (κ3) is 2.56. The molecule has 0 saturated carbocycles. The summed E-state index contributed by atoms with van der Waals surface area (Å²) in [5.74, 6) is -0.385. The zero-order chi connectivity index (χ0) is 13.1. The van der Waals surface area contributed by atoms with Crippen LogP contribution >= 0.6 is 11.3 Å². The SMILES string of the molecule is Cc1ncsc1CN(C)c1ccc(C=O)cc1F. The van der Waals surface area contributed by atoms with Crippen LogP contribution in [0.5, 0.6) is 0 Å². The van der Waals surface area contributed by atoms with Gasteiger partial charge in [0.05, 0.1) is 23.4 Å². The van der Waals surface area contributed by atoms with Gasteiger partial charge >= 0.3 is 0 Å². The van der Waals surface area contributed by atoms with E-state index in [1.54, 1.807) is 29.0 Å². The van der Waals surface area contributed by atoms with Crippen LogP contribution in [0.2, 0.25) is 0 Å². The van der Waals surface area contributed by atoms with E-state index in [0.717, 1.165) is 10.6 Å². The van der Waals surface area contributed by atoms with Gasteiger partial charge in [0, 0.05) is 17.5 Å². The van der Waals surface area contributed by atoms with Crippen LogP contribution in [-0.2, 0) is 6.54 Å². The van der Waals surface area contributed by atoms with E-state index in [0.29, 0.717) is 24.1 Å². The quantitative estimate of drug-likeness (QED) is 0.796. The van der Waals surface area contributed by atoms with E-state index < -0.39 is 0 Å². The number of halogens is 1. The molecule has 18 heavy (non-hydrogen) atoms. The number of carbonyl (C=O) groups excluding carboxylic acids is 1. The van der Waals surface area contributed by atoms with Crippen LogP contribution in [0.25, 0.3) is 0 Å². The highest BCUT2D eigenvalue weighted by atomic mass is 32.1. The Labute approximate surface area is 109 Å². The fraction of sp³-hybridized carbons (Fsp3) is 0.231. The van der Waals surface area contributed by atoms with E-state index in [9.17, 15) is 9.18 Å². The molecule has 0 unspecified atom stereocenters. The van der Waals surface area contributed by atoms with Gasteiger partial charge in [0.2, 0.25) is 0 Å². The Balaban J connectivity index is 2.21. The molecule has 2 rings (SSSR count). The molecule has 2 aromatic rings. The number of nitrogens with zero attached hydrogens (tertiary/aromatic N) is 2. The molecule has 1 heterocycles. The van der Waals surface area contributed by atoms with Crippen molar-refractivity contribution in [2.75, 3.05) is 11.9 Å². The van der Waals surface area contributed by atoms with Crippen LogP contribution in [0.3, 0.4) is 0 Å². The first kappa shape index (κ1) is 12.7. The van der Waals surface area contributed by atoms with Crippen LogP contribution in [0, 0.1) is 12.7 Å². The zero-order valence-electron chi connectivity index (χ0n) is 10.2. The van der Waals surface area contributed by atoms with Gasteiger partial charge in [-0.25, -0.2) is 9.37 Å². The molecule has 0 bridgehead atoms. The van der Waals surface area contributed by atoms with E-state index in [4.69, 9.17) is 0 Å². The number of benzene rings is 1. The second-order valence-electron chi connectivity index (χ2n) is 4.05. The van der Waals surface area contributed by atoms with E-state index in [1.807, 2.05) is 18.9 Å². The van der Waals surface area contributed by atoms with Crippen molar-refractivity contribution in [1.29, 1.82) is 0 Å². The molecule has 0 saturated heterocycles. The average Bonchev–Trinajstić information content (AvgIpc) is 2.74. The highest BCUT2D eigenvalue weighted by molar-refractivity contribution is 7.09. The largest absolute Gasteiger partial charge is 0.367 e. The van der Waals surface area contributed by atoms with Crippen molar-refractivity contribution in [3.05, 3.63) is 45.7 Å². The Morgan fingerprint density at radius 1 is 1.50 bits per heavy atom. The number of anilines is 1. The highest BCUT2D eigenvalue weighted by Gasteiger charge is 2.11. The van der Waals surface area contributed by atoms with Gasteiger partial charge in [-0.15, -0.1) is 11.3 Å². The van der Waals surface area contributed by atoms with Gasteiger partial charge < -0.3 is 4.90 Å². The molecule has 0 spiro atoms. The summed E-state index contributed by atoms with van der Waals surface area (Å²) in [5.41, 5.74) is 3.58. The van der Waals surface area contributed by atoms with Crippen LogP contribution in [0.15, 0.2) is 23.7 Å². The van der Waals surface area contributed by atoms with E-state index >= 15 is 0 Å². The Hall–Kier alpha value is -1.75. The summed E-state index contributed by atoms with van der Waals surface area (Å²) in [5, 5.41) is 0. The van der Waals surface area contributed by atoms with Crippen molar-refractivity contribution in [3.8, 4) is 0 Å². The molecule has 3 nitrogen and oxygen atoms in total. The maximum Gasteiger partial charge on any atom is 0.150 e. The molecule has 0 atom stereocenters. The Bertz CT molecular complexity index is 568. The fourth-order valence-electron chi connectivity index (χ4n) is 1.68. The predicted octanol–water partition coefficient (Wildman–Crippen LogP) is 3.04.